The van der Waals surface area contributed by atoms with Gasteiger partial charge >= 0.3 is 5.97 Å². The predicted molar refractivity (Wildman–Crippen MR) is 77.0 cm³/mol. The lowest BCUT2D eigenvalue weighted by Gasteiger charge is -2.08. The van der Waals surface area contributed by atoms with Gasteiger partial charge in [-0.3, -0.25) is 0 Å². The average Bonchev–Trinajstić information content (AvgIpc) is 2.87. The molecule has 0 N–H and O–H groups in total. The molecule has 0 aromatic carbocycles. The molecule has 4 nitrogen and oxygen atoms in total. The molecular formula is C16H17NO3. The van der Waals surface area contributed by atoms with Crippen LogP contribution in [-0.4, -0.2) is 24.2 Å². The highest BCUT2D eigenvalue weighted by Crippen LogP contribution is 2.30. The molecule has 104 valence electrons. The van der Waals surface area contributed by atoms with Gasteiger partial charge in [0.2, 0.25) is 0 Å². The zero-order chi connectivity index (χ0) is 14.5. The van der Waals surface area contributed by atoms with Crippen molar-refractivity contribution in [1.82, 2.24) is 4.98 Å². The quantitative estimate of drug-likeness (QED) is 0.789. The second-order valence-corrected chi connectivity index (χ2v) is 4.28. The number of hydrogen-bond acceptors (Lipinski definition) is 4. The van der Waals surface area contributed by atoms with E-state index in [-0.39, 0.29) is 5.69 Å². The summed E-state index contributed by atoms with van der Waals surface area (Å²) in [6.07, 6.45) is 2.47. The van der Waals surface area contributed by atoms with E-state index in [0.717, 1.165) is 17.6 Å². The monoisotopic (exact) mass is 271 g/mol. The third-order valence-electron chi connectivity index (χ3n) is 2.93. The molecule has 0 unspecified atom stereocenters. The molecule has 20 heavy (non-hydrogen) atoms. The predicted octanol–water partition coefficient (Wildman–Crippen LogP) is 3.13. The molecule has 4 heteroatoms. The first-order valence-electron chi connectivity index (χ1n) is 6.49. The van der Waals surface area contributed by atoms with Gasteiger partial charge in [0.1, 0.15) is 11.5 Å². The number of pyridine rings is 1. The minimum atomic E-state index is -0.436. The van der Waals surface area contributed by atoms with Crippen LogP contribution < -0.4 is 0 Å². The highest BCUT2D eigenvalue weighted by molar-refractivity contribution is 5.88. The fraction of sp³-hybridized carbons (Fsp3) is 0.250. The summed E-state index contributed by atoms with van der Waals surface area (Å²) in [7, 11) is 0. The Hall–Kier alpha value is -2.36. The number of esters is 1. The molecular weight excluding hydrogens is 254 g/mol. The van der Waals surface area contributed by atoms with Gasteiger partial charge in [-0.25, -0.2) is 9.78 Å². The van der Waals surface area contributed by atoms with E-state index in [1.807, 2.05) is 6.07 Å². The summed E-state index contributed by atoms with van der Waals surface area (Å²) < 4.78 is 10.5. The maximum Gasteiger partial charge on any atom is 0.356 e. The van der Waals surface area contributed by atoms with Crippen LogP contribution in [0.15, 0.2) is 48.8 Å². The van der Waals surface area contributed by atoms with Crippen LogP contribution in [-0.2, 0) is 9.47 Å². The lowest BCUT2D eigenvalue weighted by atomic mass is 10.1. The number of carbonyl (C=O) groups is 1. The molecule has 1 aromatic rings. The molecule has 1 fully saturated rings. The minimum absolute atomic E-state index is 0.271. The third kappa shape index (κ3) is 2.79. The Morgan fingerprint density at radius 2 is 2.25 bits per heavy atom. The van der Waals surface area contributed by atoms with Crippen molar-refractivity contribution in [3.05, 3.63) is 60.2 Å². The SMILES string of the molecule is C=CC(=C1OCCC1=C)c1cccc(C(=O)OCC)n1. The van der Waals surface area contributed by atoms with Crippen LogP contribution in [0.3, 0.4) is 0 Å². The fourth-order valence-corrected chi connectivity index (χ4v) is 1.98. The molecule has 2 rings (SSSR count). The molecule has 0 saturated carbocycles. The van der Waals surface area contributed by atoms with E-state index in [1.54, 1.807) is 25.1 Å². The molecule has 2 heterocycles. The maximum atomic E-state index is 11.7. The molecule has 1 saturated heterocycles. The Labute approximate surface area is 118 Å². The summed E-state index contributed by atoms with van der Waals surface area (Å²) in [4.78, 5) is 16.0. The Kier molecular flexibility index (Phi) is 4.35. The van der Waals surface area contributed by atoms with E-state index in [1.165, 1.54) is 0 Å². The van der Waals surface area contributed by atoms with Crippen molar-refractivity contribution >= 4 is 11.5 Å². The number of rotatable bonds is 4. The number of carbonyl (C=O) groups excluding carboxylic acids is 1. The second-order valence-electron chi connectivity index (χ2n) is 4.28. The van der Waals surface area contributed by atoms with Gasteiger partial charge in [0.25, 0.3) is 0 Å². The van der Waals surface area contributed by atoms with Crippen LogP contribution in [0.4, 0.5) is 0 Å². The summed E-state index contributed by atoms with van der Waals surface area (Å²) in [6.45, 7) is 10.5. The van der Waals surface area contributed by atoms with Crippen LogP contribution in [0.2, 0.25) is 0 Å². The Morgan fingerprint density at radius 3 is 2.85 bits per heavy atom. The largest absolute Gasteiger partial charge is 0.492 e. The summed E-state index contributed by atoms with van der Waals surface area (Å²) >= 11 is 0. The van der Waals surface area contributed by atoms with Gasteiger partial charge in [0.05, 0.1) is 18.9 Å². The van der Waals surface area contributed by atoms with Crippen molar-refractivity contribution in [1.29, 1.82) is 0 Å². The van der Waals surface area contributed by atoms with Gasteiger partial charge < -0.3 is 9.47 Å². The van der Waals surface area contributed by atoms with Gasteiger partial charge in [-0.1, -0.05) is 25.3 Å². The summed E-state index contributed by atoms with van der Waals surface area (Å²) in [6, 6.07) is 5.19. The van der Waals surface area contributed by atoms with Gasteiger partial charge in [-0.15, -0.1) is 0 Å². The number of allylic oxidation sites excluding steroid dienone is 3. The van der Waals surface area contributed by atoms with E-state index >= 15 is 0 Å². The Balaban J connectivity index is 2.41. The molecule has 0 bridgehead atoms. The first-order chi connectivity index (χ1) is 9.67. The van der Waals surface area contributed by atoms with Crippen molar-refractivity contribution in [3.8, 4) is 0 Å². The summed E-state index contributed by atoms with van der Waals surface area (Å²) in [5.41, 5.74) is 2.57. The standard InChI is InChI=1S/C16H17NO3/c1-4-12(15-11(3)9-10-20-15)13-7-6-8-14(17-13)16(18)19-5-2/h4,6-8H,1,3,5,9-10H2,2H3. The second kappa shape index (κ2) is 6.19. The van der Waals surface area contributed by atoms with Crippen LogP contribution in [0.5, 0.6) is 0 Å². The molecule has 0 radical (unpaired) electrons. The van der Waals surface area contributed by atoms with Crippen molar-refractivity contribution in [2.45, 2.75) is 13.3 Å². The molecule has 1 aliphatic heterocycles. The molecule has 0 atom stereocenters. The Morgan fingerprint density at radius 1 is 1.50 bits per heavy atom. The van der Waals surface area contributed by atoms with Crippen molar-refractivity contribution in [2.24, 2.45) is 0 Å². The molecule has 0 aliphatic carbocycles. The number of aromatic nitrogens is 1. The van der Waals surface area contributed by atoms with E-state index in [0.29, 0.717) is 24.7 Å². The first kappa shape index (κ1) is 14.1. The Bertz CT molecular complexity index is 587. The molecule has 0 amide bonds. The van der Waals surface area contributed by atoms with Crippen LogP contribution in [0.25, 0.3) is 5.57 Å². The zero-order valence-electron chi connectivity index (χ0n) is 11.5. The van der Waals surface area contributed by atoms with Crippen LogP contribution in [0, 0.1) is 0 Å². The van der Waals surface area contributed by atoms with E-state index in [4.69, 9.17) is 9.47 Å². The maximum absolute atomic E-state index is 11.7. The van der Waals surface area contributed by atoms with Gasteiger partial charge in [0.15, 0.2) is 0 Å². The van der Waals surface area contributed by atoms with Crippen LogP contribution in [0.1, 0.15) is 29.5 Å². The van der Waals surface area contributed by atoms with E-state index in [2.05, 4.69) is 18.1 Å². The van der Waals surface area contributed by atoms with Gasteiger partial charge in [-0.2, -0.15) is 0 Å². The van der Waals surface area contributed by atoms with Crippen molar-refractivity contribution in [3.63, 3.8) is 0 Å². The van der Waals surface area contributed by atoms with E-state index < -0.39 is 5.97 Å². The minimum Gasteiger partial charge on any atom is -0.492 e. The number of nitrogens with zero attached hydrogens (tertiary/aromatic N) is 1. The fourth-order valence-electron chi connectivity index (χ4n) is 1.98. The summed E-state index contributed by atoms with van der Waals surface area (Å²) in [5, 5.41) is 0. The molecule has 0 spiro atoms. The van der Waals surface area contributed by atoms with Gasteiger partial charge in [-0.05, 0) is 24.6 Å². The highest BCUT2D eigenvalue weighted by atomic mass is 16.5. The van der Waals surface area contributed by atoms with E-state index in [9.17, 15) is 4.79 Å². The molecule has 1 aliphatic rings. The summed E-state index contributed by atoms with van der Waals surface area (Å²) in [5.74, 6) is 0.266. The lowest BCUT2D eigenvalue weighted by molar-refractivity contribution is 0.0519. The topological polar surface area (TPSA) is 48.4 Å². The molecule has 1 aromatic heterocycles. The van der Waals surface area contributed by atoms with Crippen molar-refractivity contribution in [2.75, 3.05) is 13.2 Å². The number of hydrogen-bond donors (Lipinski definition) is 0. The lowest BCUT2D eigenvalue weighted by Crippen LogP contribution is -2.08. The van der Waals surface area contributed by atoms with Crippen LogP contribution >= 0.6 is 0 Å². The van der Waals surface area contributed by atoms with Gasteiger partial charge in [0, 0.05) is 12.0 Å². The normalized spacial score (nSPS) is 16.6. The van der Waals surface area contributed by atoms with Crippen molar-refractivity contribution < 1.29 is 14.3 Å². The third-order valence-corrected chi connectivity index (χ3v) is 2.93. The average molecular weight is 271 g/mol. The number of ether oxygens (including phenoxy) is 2. The zero-order valence-corrected chi connectivity index (χ0v) is 11.5. The first-order valence-corrected chi connectivity index (χ1v) is 6.49. The smallest absolute Gasteiger partial charge is 0.356 e. The highest BCUT2D eigenvalue weighted by Gasteiger charge is 2.19.